The minimum atomic E-state index is 0.314. The monoisotopic (exact) mass is 549 g/mol. The maximum Gasteiger partial charge on any atom is -0.0256 e. The number of hydrogen-bond donors (Lipinski definition) is 0. The van der Waals surface area contributed by atoms with Crippen molar-refractivity contribution in [2.75, 3.05) is 42.3 Å². The fraction of sp³-hybridized carbons (Fsp3) is 0.412. The molecule has 0 unspecified atom stereocenters. The van der Waals surface area contributed by atoms with E-state index >= 15 is 0 Å². The Hall–Kier alpha value is -2.01. The van der Waals surface area contributed by atoms with Crippen molar-refractivity contribution in [3.8, 4) is 0 Å². The van der Waals surface area contributed by atoms with Crippen molar-refractivity contribution in [1.82, 2.24) is 0 Å². The van der Waals surface area contributed by atoms with Gasteiger partial charge in [-0.3, -0.25) is 0 Å². The van der Waals surface area contributed by atoms with E-state index in [1.165, 1.54) is 42.9 Å². The molecule has 0 atom stereocenters. The van der Waals surface area contributed by atoms with Gasteiger partial charge in [-0.25, -0.2) is 0 Å². The van der Waals surface area contributed by atoms with Crippen molar-refractivity contribution in [2.24, 2.45) is 5.41 Å². The van der Waals surface area contributed by atoms with Gasteiger partial charge in [-0.2, -0.15) is 42.3 Å². The van der Waals surface area contributed by atoms with E-state index in [2.05, 4.69) is 158 Å². The third-order valence-electron chi connectivity index (χ3n) is 5.91. The molecule has 0 aliphatic heterocycles. The van der Waals surface area contributed by atoms with Crippen LogP contribution >= 0.6 is 0 Å². The molecule has 3 rings (SSSR count). The fourth-order valence-electron chi connectivity index (χ4n) is 3.28. The van der Waals surface area contributed by atoms with Crippen molar-refractivity contribution in [1.29, 1.82) is 0 Å². The summed E-state index contributed by atoms with van der Waals surface area (Å²) < 4.78 is 1.53. The number of benzene rings is 2. The summed E-state index contributed by atoms with van der Waals surface area (Å²) in [6.45, 7) is 15.5. The molecule has 0 saturated heterocycles. The van der Waals surface area contributed by atoms with E-state index in [-0.39, 0.29) is 0 Å². The predicted molar refractivity (Wildman–Crippen MR) is 171 cm³/mol. The molecular formula is C34H51N3Ti. The largest absolute Gasteiger partial charge is 0.668 e. The van der Waals surface area contributed by atoms with Gasteiger partial charge in [-0.05, 0) is 25.0 Å². The minimum absolute atomic E-state index is 0.314. The summed E-state index contributed by atoms with van der Waals surface area (Å²) in [6.07, 6.45) is 8.38. The van der Waals surface area contributed by atoms with Crippen LogP contribution in [0.1, 0.15) is 56.9 Å². The molecule has 206 valence electrons. The van der Waals surface area contributed by atoms with Gasteiger partial charge in [-0.15, -0.1) is 0 Å². The molecule has 0 heterocycles. The van der Waals surface area contributed by atoms with E-state index in [1.807, 2.05) is 0 Å². The first-order valence-electron chi connectivity index (χ1n) is 12.9. The number of aryl methyl sites for hydroxylation is 2. The minimum Gasteiger partial charge on any atom is -0.668 e. The molecule has 0 amide bonds. The van der Waals surface area contributed by atoms with Crippen LogP contribution in [-0.2, 0) is 20.4 Å². The quantitative estimate of drug-likeness (QED) is 0.270. The normalized spacial score (nSPS) is 13.7. The topological polar surface area (TPSA) is 42.3 Å². The SMILES string of the molecule is CC1=C(C)C(C)(C)[C]([Ti+3])=C1C.C[N-]C.C[N-]C.C[N-]C.Cc1ccc(C=CC=Cc2ccc(C)cc2)cc1. The Morgan fingerprint density at radius 3 is 1.03 bits per heavy atom. The van der Waals surface area contributed by atoms with Crippen LogP contribution in [-0.4, -0.2) is 42.3 Å². The average Bonchev–Trinajstić information content (AvgIpc) is 3.00. The molecule has 4 heteroatoms. The summed E-state index contributed by atoms with van der Waals surface area (Å²) in [4.78, 5) is 0. The number of nitrogens with zero attached hydrogens (tertiary/aromatic N) is 3. The van der Waals surface area contributed by atoms with E-state index in [0.29, 0.717) is 5.41 Å². The Balaban J connectivity index is 0. The van der Waals surface area contributed by atoms with E-state index in [1.54, 1.807) is 42.3 Å². The van der Waals surface area contributed by atoms with Crippen LogP contribution in [0.5, 0.6) is 0 Å². The first-order valence-corrected chi connectivity index (χ1v) is 13.7. The zero-order chi connectivity index (χ0) is 29.7. The summed E-state index contributed by atoms with van der Waals surface area (Å²) in [5.41, 5.74) is 9.88. The summed E-state index contributed by atoms with van der Waals surface area (Å²) in [7, 11) is 10.5. The molecule has 3 nitrogen and oxygen atoms in total. The smallest absolute Gasteiger partial charge is 0.0256 e. The van der Waals surface area contributed by atoms with E-state index in [0.717, 1.165) is 0 Å². The number of hydrogen-bond acceptors (Lipinski definition) is 0. The van der Waals surface area contributed by atoms with Crippen molar-refractivity contribution >= 4 is 12.2 Å². The van der Waals surface area contributed by atoms with E-state index in [4.69, 9.17) is 0 Å². The summed E-state index contributed by atoms with van der Waals surface area (Å²) in [6, 6.07) is 17.0. The molecule has 1 aliphatic carbocycles. The van der Waals surface area contributed by atoms with Gasteiger partial charge < -0.3 is 16.0 Å². The Labute approximate surface area is 247 Å². The third kappa shape index (κ3) is 15.4. The molecule has 38 heavy (non-hydrogen) atoms. The van der Waals surface area contributed by atoms with Crippen LogP contribution in [0, 0.1) is 19.3 Å². The Morgan fingerprint density at radius 1 is 0.553 bits per heavy atom. The molecule has 0 radical (unpaired) electrons. The van der Waals surface area contributed by atoms with Gasteiger partial charge in [0.1, 0.15) is 0 Å². The van der Waals surface area contributed by atoms with Crippen LogP contribution in [0.4, 0.5) is 0 Å². The van der Waals surface area contributed by atoms with Gasteiger partial charge in [0.05, 0.1) is 0 Å². The first-order chi connectivity index (χ1) is 17.9. The Bertz CT molecular complexity index is 924. The van der Waals surface area contributed by atoms with Gasteiger partial charge >= 0.3 is 81.1 Å². The fourth-order valence-corrected chi connectivity index (χ4v) is 3.87. The average molecular weight is 550 g/mol. The van der Waals surface area contributed by atoms with Crippen molar-refractivity contribution in [3.05, 3.63) is 119 Å². The van der Waals surface area contributed by atoms with Gasteiger partial charge in [0, 0.05) is 0 Å². The zero-order valence-corrected chi connectivity index (χ0v) is 27.8. The van der Waals surface area contributed by atoms with Crippen molar-refractivity contribution < 1.29 is 20.4 Å². The van der Waals surface area contributed by atoms with E-state index < -0.39 is 0 Å². The zero-order valence-electron chi connectivity index (χ0n) is 26.3. The molecule has 0 spiro atoms. The molecule has 2 aromatic carbocycles. The number of rotatable bonds is 3. The molecule has 0 saturated carbocycles. The van der Waals surface area contributed by atoms with Crippen LogP contribution in [0.25, 0.3) is 28.1 Å². The molecule has 2 aromatic rings. The van der Waals surface area contributed by atoms with Crippen LogP contribution < -0.4 is 0 Å². The summed E-state index contributed by atoms with van der Waals surface area (Å²) in [5.74, 6) is 0. The second kappa shape index (κ2) is 21.9. The summed E-state index contributed by atoms with van der Waals surface area (Å²) >= 11 is 2.25. The molecule has 0 aromatic heterocycles. The molecule has 0 fully saturated rings. The summed E-state index contributed by atoms with van der Waals surface area (Å²) in [5, 5.41) is 10.5. The molecular weight excluding hydrogens is 498 g/mol. The van der Waals surface area contributed by atoms with Crippen LogP contribution in [0.3, 0.4) is 0 Å². The van der Waals surface area contributed by atoms with Crippen molar-refractivity contribution in [2.45, 2.75) is 48.5 Å². The van der Waals surface area contributed by atoms with Gasteiger partial charge in [0.15, 0.2) is 0 Å². The van der Waals surface area contributed by atoms with Gasteiger partial charge in [-0.1, -0.05) is 84.0 Å². The van der Waals surface area contributed by atoms with Gasteiger partial charge in [0.25, 0.3) is 0 Å². The third-order valence-corrected chi connectivity index (χ3v) is 7.47. The molecule has 1 aliphatic rings. The Kier molecular flexibility index (Phi) is 22.0. The molecule has 0 bridgehead atoms. The maximum atomic E-state index is 3.50. The second-order valence-corrected chi connectivity index (χ2v) is 10.5. The first kappa shape index (κ1) is 38.1. The van der Waals surface area contributed by atoms with E-state index in [9.17, 15) is 0 Å². The number of allylic oxidation sites excluding steroid dienone is 6. The van der Waals surface area contributed by atoms with Crippen molar-refractivity contribution in [3.63, 3.8) is 0 Å². The van der Waals surface area contributed by atoms with Crippen LogP contribution in [0.2, 0.25) is 0 Å². The predicted octanol–water partition coefficient (Wildman–Crippen LogP) is 10.1. The Morgan fingerprint density at radius 2 is 0.842 bits per heavy atom. The molecule has 0 N–H and O–H groups in total. The van der Waals surface area contributed by atoms with Gasteiger partial charge in [0.2, 0.25) is 0 Å². The maximum absolute atomic E-state index is 3.50. The van der Waals surface area contributed by atoms with Crippen LogP contribution in [0.15, 0.2) is 81.3 Å². The standard InChI is InChI=1S/C18H18.C10H15.3C2H6N.Ti/c1-15-7-11-17(12-8-15)5-3-4-6-18-13-9-16(2)10-14-18;1-7-6-10(4,5)9(3)8(7)2;3*1-3-2;/h3-14H,1-2H3;1-5H3;3*1-2H3;/q;;3*-1;+3. The second-order valence-electron chi connectivity index (χ2n) is 9.76.